The zero-order chi connectivity index (χ0) is 11.5. The number of carbonyl (C=O) groups excluding carboxylic acids is 1. The lowest BCUT2D eigenvalue weighted by Gasteiger charge is -2.23. The normalized spacial score (nSPS) is 13.5. The fourth-order valence-electron chi connectivity index (χ4n) is 1.30. The number of hydrogen-bond acceptors (Lipinski definition) is 3. The maximum absolute atomic E-state index is 12.7. The molecule has 0 aliphatic rings. The highest BCUT2D eigenvalue weighted by Crippen LogP contribution is 2.22. The lowest BCUT2D eigenvalue weighted by molar-refractivity contribution is -0.141. The van der Waals surface area contributed by atoms with Crippen molar-refractivity contribution < 1.29 is 13.9 Å². The Morgan fingerprint density at radius 2 is 1.94 bits per heavy atom. The second-order valence-corrected chi connectivity index (χ2v) is 3.68. The monoisotopic (exact) mass is 247 g/mol. The minimum Gasteiger partial charge on any atom is -0.469 e. The standard InChI is InChI=1S/C11H14FNO2.ClH/c1-11(13,7-10(14)15-2)8-3-5-9(12)6-4-8;/h3-6H,7,13H2,1-2H3;1H. The number of methoxy groups -OCH3 is 1. The highest BCUT2D eigenvalue weighted by atomic mass is 35.5. The molecule has 0 aliphatic carbocycles. The van der Waals surface area contributed by atoms with Gasteiger partial charge in [0.15, 0.2) is 0 Å². The molecule has 0 heterocycles. The van der Waals surface area contributed by atoms with E-state index in [-0.39, 0.29) is 30.6 Å². The molecule has 90 valence electrons. The van der Waals surface area contributed by atoms with Gasteiger partial charge in [0.2, 0.25) is 0 Å². The molecule has 0 saturated heterocycles. The maximum atomic E-state index is 12.7. The largest absolute Gasteiger partial charge is 0.469 e. The molecule has 1 atom stereocenters. The van der Waals surface area contributed by atoms with Crippen LogP contribution in [-0.2, 0) is 15.1 Å². The Balaban J connectivity index is 0.00000225. The molecule has 0 saturated carbocycles. The summed E-state index contributed by atoms with van der Waals surface area (Å²) in [7, 11) is 1.31. The van der Waals surface area contributed by atoms with E-state index >= 15 is 0 Å². The molecule has 1 aromatic carbocycles. The average Bonchev–Trinajstić information content (AvgIpc) is 2.17. The van der Waals surface area contributed by atoms with E-state index in [9.17, 15) is 9.18 Å². The number of carbonyl (C=O) groups is 1. The fourth-order valence-corrected chi connectivity index (χ4v) is 1.30. The van der Waals surface area contributed by atoms with Crippen LogP contribution in [0.5, 0.6) is 0 Å². The van der Waals surface area contributed by atoms with Gasteiger partial charge in [0.1, 0.15) is 5.82 Å². The van der Waals surface area contributed by atoms with Crippen LogP contribution in [0, 0.1) is 5.82 Å². The Bertz CT molecular complexity index is 352. The van der Waals surface area contributed by atoms with Crippen molar-refractivity contribution in [2.45, 2.75) is 18.9 Å². The van der Waals surface area contributed by atoms with E-state index in [1.807, 2.05) is 0 Å². The molecule has 5 heteroatoms. The Hall–Kier alpha value is -1.13. The van der Waals surface area contributed by atoms with Gasteiger partial charge in [0.25, 0.3) is 0 Å². The summed E-state index contributed by atoms with van der Waals surface area (Å²) < 4.78 is 17.2. The van der Waals surface area contributed by atoms with Gasteiger partial charge in [-0.1, -0.05) is 12.1 Å². The van der Waals surface area contributed by atoms with Crippen LogP contribution in [0.4, 0.5) is 4.39 Å². The first-order valence-corrected chi connectivity index (χ1v) is 4.57. The van der Waals surface area contributed by atoms with Crippen LogP contribution in [0.1, 0.15) is 18.9 Å². The topological polar surface area (TPSA) is 52.3 Å². The number of benzene rings is 1. The van der Waals surface area contributed by atoms with Crippen molar-refractivity contribution >= 4 is 18.4 Å². The molecule has 0 radical (unpaired) electrons. The number of ether oxygens (including phenoxy) is 1. The summed E-state index contributed by atoms with van der Waals surface area (Å²) in [6.07, 6.45) is 0.0646. The molecule has 0 fully saturated rings. The summed E-state index contributed by atoms with van der Waals surface area (Å²) in [5.41, 5.74) is 5.81. The van der Waals surface area contributed by atoms with Crippen molar-refractivity contribution in [1.29, 1.82) is 0 Å². The highest BCUT2D eigenvalue weighted by molar-refractivity contribution is 5.85. The van der Waals surface area contributed by atoms with Crippen LogP contribution < -0.4 is 5.73 Å². The van der Waals surface area contributed by atoms with Crippen molar-refractivity contribution in [3.63, 3.8) is 0 Å². The quantitative estimate of drug-likeness (QED) is 0.831. The lowest BCUT2D eigenvalue weighted by Crippen LogP contribution is -2.35. The Kier molecular flexibility index (Phi) is 5.41. The minimum atomic E-state index is -0.833. The third-order valence-electron chi connectivity index (χ3n) is 2.24. The first kappa shape index (κ1) is 14.9. The second-order valence-electron chi connectivity index (χ2n) is 3.68. The molecule has 0 bridgehead atoms. The predicted molar refractivity (Wildman–Crippen MR) is 61.8 cm³/mol. The minimum absolute atomic E-state index is 0. The number of rotatable bonds is 3. The summed E-state index contributed by atoms with van der Waals surface area (Å²) in [6, 6.07) is 5.77. The molecule has 0 amide bonds. The first-order valence-electron chi connectivity index (χ1n) is 4.57. The second kappa shape index (κ2) is 5.82. The van der Waals surface area contributed by atoms with E-state index in [0.717, 1.165) is 0 Å². The molecule has 0 spiro atoms. The van der Waals surface area contributed by atoms with E-state index in [2.05, 4.69) is 4.74 Å². The SMILES string of the molecule is COC(=O)CC(C)(N)c1ccc(F)cc1.Cl. The van der Waals surface area contributed by atoms with Gasteiger partial charge in [0, 0.05) is 5.54 Å². The van der Waals surface area contributed by atoms with Gasteiger partial charge in [-0.15, -0.1) is 12.4 Å². The molecular formula is C11H15ClFNO2. The molecule has 3 nitrogen and oxygen atoms in total. The van der Waals surface area contributed by atoms with Gasteiger partial charge in [-0.2, -0.15) is 0 Å². The molecule has 0 aromatic heterocycles. The smallest absolute Gasteiger partial charge is 0.307 e. The van der Waals surface area contributed by atoms with Gasteiger partial charge in [0.05, 0.1) is 13.5 Å². The van der Waals surface area contributed by atoms with E-state index < -0.39 is 5.54 Å². The van der Waals surface area contributed by atoms with Crippen LogP contribution >= 0.6 is 12.4 Å². The summed E-state index contributed by atoms with van der Waals surface area (Å²) in [5.74, 6) is -0.711. The Labute approximate surface area is 100 Å². The highest BCUT2D eigenvalue weighted by Gasteiger charge is 2.25. The van der Waals surface area contributed by atoms with Gasteiger partial charge >= 0.3 is 5.97 Å². The summed E-state index contributed by atoms with van der Waals surface area (Å²) in [5, 5.41) is 0. The molecular weight excluding hydrogens is 233 g/mol. The van der Waals surface area contributed by atoms with Crippen molar-refractivity contribution in [2.75, 3.05) is 7.11 Å². The molecule has 16 heavy (non-hydrogen) atoms. The third kappa shape index (κ3) is 3.79. The molecule has 1 unspecified atom stereocenters. The van der Waals surface area contributed by atoms with Crippen LogP contribution in [0.2, 0.25) is 0 Å². The fraction of sp³-hybridized carbons (Fsp3) is 0.364. The lowest BCUT2D eigenvalue weighted by atomic mass is 9.90. The molecule has 0 aliphatic heterocycles. The van der Waals surface area contributed by atoms with E-state index in [4.69, 9.17) is 5.73 Å². The van der Waals surface area contributed by atoms with Crippen molar-refractivity contribution in [2.24, 2.45) is 5.73 Å². The summed E-state index contributed by atoms with van der Waals surface area (Å²) in [6.45, 7) is 1.71. The first-order chi connectivity index (χ1) is 6.95. The number of hydrogen-bond donors (Lipinski definition) is 1. The Morgan fingerprint density at radius 3 is 2.38 bits per heavy atom. The molecule has 1 rings (SSSR count). The van der Waals surface area contributed by atoms with Gasteiger partial charge in [-0.3, -0.25) is 4.79 Å². The zero-order valence-corrected chi connectivity index (χ0v) is 10.0. The Morgan fingerprint density at radius 1 is 1.44 bits per heavy atom. The molecule has 2 N–H and O–H groups in total. The van der Waals surface area contributed by atoms with Crippen LogP contribution in [0.25, 0.3) is 0 Å². The van der Waals surface area contributed by atoms with Crippen molar-refractivity contribution in [1.82, 2.24) is 0 Å². The van der Waals surface area contributed by atoms with Gasteiger partial charge < -0.3 is 10.5 Å². The number of halogens is 2. The predicted octanol–water partition coefficient (Wildman–Crippen LogP) is 1.98. The van der Waals surface area contributed by atoms with Crippen molar-refractivity contribution in [3.8, 4) is 0 Å². The number of esters is 1. The summed E-state index contributed by atoms with van der Waals surface area (Å²) in [4.78, 5) is 11.1. The van der Waals surface area contributed by atoms with Crippen LogP contribution in [-0.4, -0.2) is 13.1 Å². The van der Waals surface area contributed by atoms with E-state index in [1.165, 1.54) is 19.2 Å². The third-order valence-corrected chi connectivity index (χ3v) is 2.24. The summed E-state index contributed by atoms with van der Waals surface area (Å²) >= 11 is 0. The van der Waals surface area contributed by atoms with E-state index in [0.29, 0.717) is 5.56 Å². The van der Waals surface area contributed by atoms with Gasteiger partial charge in [-0.05, 0) is 24.6 Å². The van der Waals surface area contributed by atoms with Crippen molar-refractivity contribution in [3.05, 3.63) is 35.6 Å². The number of nitrogens with two attached hydrogens (primary N) is 1. The maximum Gasteiger partial charge on any atom is 0.307 e. The van der Waals surface area contributed by atoms with Gasteiger partial charge in [-0.25, -0.2) is 4.39 Å². The van der Waals surface area contributed by atoms with Crippen LogP contribution in [0.3, 0.4) is 0 Å². The van der Waals surface area contributed by atoms with E-state index in [1.54, 1.807) is 19.1 Å². The average molecular weight is 248 g/mol. The van der Waals surface area contributed by atoms with Crippen LogP contribution in [0.15, 0.2) is 24.3 Å². The zero-order valence-electron chi connectivity index (χ0n) is 9.20. The molecule has 1 aromatic rings.